The first-order valence-corrected chi connectivity index (χ1v) is 13.5. The van der Waals surface area contributed by atoms with Crippen molar-refractivity contribution in [1.29, 1.82) is 0 Å². The zero-order valence-corrected chi connectivity index (χ0v) is 20.2. The summed E-state index contributed by atoms with van der Waals surface area (Å²) in [7, 11) is -3.60. The number of sulfonamides is 1. The number of piperidine rings is 1. The van der Waals surface area contributed by atoms with Crippen LogP contribution in [0.1, 0.15) is 24.0 Å². The molecule has 0 radical (unpaired) electrons. The van der Waals surface area contributed by atoms with Gasteiger partial charge in [-0.2, -0.15) is 4.31 Å². The van der Waals surface area contributed by atoms with Gasteiger partial charge in [0.05, 0.1) is 10.8 Å². The third kappa shape index (κ3) is 6.05. The van der Waals surface area contributed by atoms with Gasteiger partial charge in [0.15, 0.2) is 0 Å². The summed E-state index contributed by atoms with van der Waals surface area (Å²) in [6, 6.07) is 24.9. The third-order valence-corrected chi connectivity index (χ3v) is 8.75. The number of nitrogens with one attached hydrogen (secondary N) is 1. The summed E-state index contributed by atoms with van der Waals surface area (Å²) in [5.41, 5.74) is 2.91. The molecule has 1 saturated heterocycles. The van der Waals surface area contributed by atoms with Crippen molar-refractivity contribution < 1.29 is 13.2 Å². The molecular formula is C26H28N2O3S2. The van der Waals surface area contributed by atoms with Crippen LogP contribution in [0.15, 0.2) is 88.7 Å². The molecule has 172 valence electrons. The second-order valence-corrected chi connectivity index (χ2v) is 11.3. The number of thioether (sulfide) groups is 1. The van der Waals surface area contributed by atoms with Crippen LogP contribution in [-0.4, -0.2) is 31.7 Å². The van der Waals surface area contributed by atoms with Crippen molar-refractivity contribution in [3.05, 3.63) is 90.0 Å². The van der Waals surface area contributed by atoms with E-state index >= 15 is 0 Å². The second-order valence-electron chi connectivity index (χ2n) is 8.30. The highest BCUT2D eigenvalue weighted by atomic mass is 32.2. The molecule has 1 amide bonds. The molecule has 4 rings (SSSR count). The molecular weight excluding hydrogens is 452 g/mol. The first kappa shape index (κ1) is 23.5. The highest BCUT2D eigenvalue weighted by Crippen LogP contribution is 2.26. The zero-order valence-electron chi connectivity index (χ0n) is 18.6. The van der Waals surface area contributed by atoms with E-state index in [4.69, 9.17) is 0 Å². The number of amides is 1. The van der Waals surface area contributed by atoms with Crippen LogP contribution in [0.4, 0.5) is 5.69 Å². The molecule has 5 nitrogen and oxygen atoms in total. The van der Waals surface area contributed by atoms with Crippen LogP contribution in [0.25, 0.3) is 0 Å². The Kier molecular flexibility index (Phi) is 7.53. The SMILES string of the molecule is Cc1ccc(S(=O)(=O)N2CCCC(C(=O)Nc3ccc(CSc4ccccc4)cc3)C2)cc1. The standard InChI is InChI=1S/C26H28N2O3S2/c1-20-9-15-25(16-10-20)33(30,31)28-17-5-6-22(18-28)26(29)27-23-13-11-21(12-14-23)19-32-24-7-3-2-4-8-24/h2-4,7-16,22H,5-6,17-19H2,1H3,(H,27,29). The average Bonchev–Trinajstić information content (AvgIpc) is 2.84. The van der Waals surface area contributed by atoms with Crippen LogP contribution in [0.2, 0.25) is 0 Å². The fraction of sp³-hybridized carbons (Fsp3) is 0.269. The van der Waals surface area contributed by atoms with E-state index in [0.717, 1.165) is 17.0 Å². The Morgan fingerprint density at radius 3 is 2.39 bits per heavy atom. The van der Waals surface area contributed by atoms with Crippen molar-refractivity contribution in [2.75, 3.05) is 18.4 Å². The Balaban J connectivity index is 1.34. The number of hydrogen-bond acceptors (Lipinski definition) is 4. The summed E-state index contributed by atoms with van der Waals surface area (Å²) >= 11 is 1.77. The van der Waals surface area contributed by atoms with Crippen LogP contribution in [0.5, 0.6) is 0 Å². The van der Waals surface area contributed by atoms with E-state index in [0.29, 0.717) is 19.4 Å². The molecule has 1 unspecified atom stereocenters. The van der Waals surface area contributed by atoms with Gasteiger partial charge in [0.1, 0.15) is 0 Å². The molecule has 0 aliphatic carbocycles. The predicted octanol–water partition coefficient (Wildman–Crippen LogP) is 5.33. The number of benzene rings is 3. The van der Waals surface area contributed by atoms with Gasteiger partial charge in [-0.15, -0.1) is 11.8 Å². The van der Waals surface area contributed by atoms with E-state index in [2.05, 4.69) is 17.4 Å². The number of aryl methyl sites for hydroxylation is 1. The molecule has 1 atom stereocenters. The number of hydrogen-bond donors (Lipinski definition) is 1. The molecule has 3 aromatic rings. The average molecular weight is 481 g/mol. The van der Waals surface area contributed by atoms with Gasteiger partial charge >= 0.3 is 0 Å². The lowest BCUT2D eigenvalue weighted by Crippen LogP contribution is -2.43. The van der Waals surface area contributed by atoms with Gasteiger partial charge in [-0.05, 0) is 61.7 Å². The van der Waals surface area contributed by atoms with Gasteiger partial charge in [0.2, 0.25) is 15.9 Å². The number of carbonyl (C=O) groups is 1. The van der Waals surface area contributed by atoms with Crippen molar-refractivity contribution in [2.24, 2.45) is 5.92 Å². The van der Waals surface area contributed by atoms with Crippen molar-refractivity contribution in [1.82, 2.24) is 4.31 Å². The summed E-state index contributed by atoms with van der Waals surface area (Å²) in [6.07, 6.45) is 1.34. The van der Waals surface area contributed by atoms with Crippen LogP contribution in [0.3, 0.4) is 0 Å². The Morgan fingerprint density at radius 1 is 1.00 bits per heavy atom. The quantitative estimate of drug-likeness (QED) is 0.465. The maximum Gasteiger partial charge on any atom is 0.243 e. The summed E-state index contributed by atoms with van der Waals surface area (Å²) in [4.78, 5) is 14.4. The lowest BCUT2D eigenvalue weighted by molar-refractivity contribution is -0.120. The first-order chi connectivity index (χ1) is 15.9. The zero-order chi connectivity index (χ0) is 23.3. The lowest BCUT2D eigenvalue weighted by Gasteiger charge is -2.31. The first-order valence-electron chi connectivity index (χ1n) is 11.1. The highest BCUT2D eigenvalue weighted by molar-refractivity contribution is 7.98. The Bertz CT molecular complexity index is 1180. The Labute approximate surface area is 200 Å². The van der Waals surface area contributed by atoms with E-state index in [-0.39, 0.29) is 23.3 Å². The van der Waals surface area contributed by atoms with Gasteiger partial charge in [0.25, 0.3) is 0 Å². The topological polar surface area (TPSA) is 66.5 Å². The van der Waals surface area contributed by atoms with E-state index in [9.17, 15) is 13.2 Å². The molecule has 1 aliphatic rings. The fourth-order valence-corrected chi connectivity index (χ4v) is 6.25. The number of carbonyl (C=O) groups excluding carboxylic acids is 1. The molecule has 0 aromatic heterocycles. The van der Waals surface area contributed by atoms with Crippen LogP contribution in [-0.2, 0) is 20.6 Å². The normalized spacial score (nSPS) is 16.9. The van der Waals surface area contributed by atoms with Crippen molar-refractivity contribution in [3.8, 4) is 0 Å². The van der Waals surface area contributed by atoms with Crippen LogP contribution in [0, 0.1) is 12.8 Å². The van der Waals surface area contributed by atoms with E-state index in [1.807, 2.05) is 49.4 Å². The second kappa shape index (κ2) is 10.5. The Hall–Kier alpha value is -2.61. The maximum atomic E-state index is 13.0. The minimum Gasteiger partial charge on any atom is -0.326 e. The highest BCUT2D eigenvalue weighted by Gasteiger charge is 2.33. The summed E-state index contributed by atoms with van der Waals surface area (Å²) in [6.45, 7) is 2.56. The largest absolute Gasteiger partial charge is 0.326 e. The summed E-state index contributed by atoms with van der Waals surface area (Å²) < 4.78 is 27.5. The molecule has 0 saturated carbocycles. The van der Waals surface area contributed by atoms with E-state index < -0.39 is 10.0 Å². The fourth-order valence-electron chi connectivity index (χ4n) is 3.85. The minimum absolute atomic E-state index is 0.134. The molecule has 1 heterocycles. The molecule has 0 bridgehead atoms. The minimum atomic E-state index is -3.60. The smallest absolute Gasteiger partial charge is 0.243 e. The monoisotopic (exact) mass is 480 g/mol. The molecule has 3 aromatic carbocycles. The van der Waals surface area contributed by atoms with Crippen molar-refractivity contribution in [2.45, 2.75) is 35.3 Å². The maximum absolute atomic E-state index is 13.0. The number of nitrogens with zero attached hydrogens (tertiary/aromatic N) is 1. The molecule has 0 spiro atoms. The van der Waals surface area contributed by atoms with Gasteiger partial charge < -0.3 is 5.32 Å². The predicted molar refractivity (Wildman–Crippen MR) is 134 cm³/mol. The number of anilines is 1. The summed E-state index contributed by atoms with van der Waals surface area (Å²) in [5, 5.41) is 2.96. The number of rotatable bonds is 7. The van der Waals surface area contributed by atoms with E-state index in [1.54, 1.807) is 36.0 Å². The van der Waals surface area contributed by atoms with Gasteiger partial charge in [0, 0.05) is 29.4 Å². The van der Waals surface area contributed by atoms with Gasteiger partial charge in [-0.1, -0.05) is 48.0 Å². The van der Waals surface area contributed by atoms with Gasteiger partial charge in [-0.3, -0.25) is 4.79 Å². The van der Waals surface area contributed by atoms with Crippen molar-refractivity contribution in [3.63, 3.8) is 0 Å². The van der Waals surface area contributed by atoms with Crippen molar-refractivity contribution >= 4 is 33.4 Å². The molecule has 1 fully saturated rings. The summed E-state index contributed by atoms with van der Waals surface area (Å²) in [5.74, 6) is 0.352. The third-order valence-electron chi connectivity index (χ3n) is 5.78. The Morgan fingerprint density at radius 2 is 1.70 bits per heavy atom. The molecule has 1 aliphatic heterocycles. The molecule has 33 heavy (non-hydrogen) atoms. The van der Waals surface area contributed by atoms with Crippen LogP contribution >= 0.6 is 11.8 Å². The molecule has 1 N–H and O–H groups in total. The van der Waals surface area contributed by atoms with Gasteiger partial charge in [-0.25, -0.2) is 8.42 Å². The lowest BCUT2D eigenvalue weighted by atomic mass is 9.98. The van der Waals surface area contributed by atoms with Crippen LogP contribution < -0.4 is 5.32 Å². The van der Waals surface area contributed by atoms with E-state index in [1.165, 1.54) is 14.8 Å². The molecule has 7 heteroatoms.